The van der Waals surface area contributed by atoms with Crippen LogP contribution in [0.1, 0.15) is 30.1 Å². The van der Waals surface area contributed by atoms with Crippen molar-refractivity contribution in [3.63, 3.8) is 0 Å². The van der Waals surface area contributed by atoms with Crippen LogP contribution >= 0.6 is 11.6 Å². The molecule has 0 bridgehead atoms. The monoisotopic (exact) mass is 467 g/mol. The van der Waals surface area contributed by atoms with Crippen LogP contribution in [0.3, 0.4) is 0 Å². The van der Waals surface area contributed by atoms with Gasteiger partial charge in [0, 0.05) is 17.1 Å². The third-order valence-corrected chi connectivity index (χ3v) is 6.10. The summed E-state index contributed by atoms with van der Waals surface area (Å²) in [5.74, 6) is 0.273. The molecule has 5 nitrogen and oxygen atoms in total. The largest absolute Gasteiger partial charge is 0.492 e. The van der Waals surface area contributed by atoms with Gasteiger partial charge in [-0.2, -0.15) is 0 Å². The Morgan fingerprint density at radius 1 is 1.09 bits per heavy atom. The maximum Gasteiger partial charge on any atom is 0.226 e. The van der Waals surface area contributed by atoms with Crippen molar-refractivity contribution in [1.82, 2.24) is 15.2 Å². The quantitative estimate of drug-likeness (QED) is 0.513. The van der Waals surface area contributed by atoms with Crippen LogP contribution in [-0.4, -0.2) is 42.0 Å². The van der Waals surface area contributed by atoms with Gasteiger partial charge in [-0.3, -0.25) is 9.78 Å². The van der Waals surface area contributed by atoms with E-state index in [0.29, 0.717) is 17.3 Å². The van der Waals surface area contributed by atoms with Gasteiger partial charge >= 0.3 is 0 Å². The van der Waals surface area contributed by atoms with E-state index in [2.05, 4.69) is 10.3 Å². The molecule has 0 aliphatic carbocycles. The molecule has 1 fully saturated rings. The zero-order valence-corrected chi connectivity index (χ0v) is 19.0. The molecule has 1 atom stereocenters. The predicted molar refractivity (Wildman–Crippen MR) is 127 cm³/mol. The standard InChI is InChI=1S/C26H27ClFN3O2/c27-21-6-4-19(5-7-21)25(24-3-1-2-14-30-24)31(26(32)20-12-15-29-16-13-20)17-18-33-23-10-8-22(28)9-11-23/h1-11,14,20,25,29H,12-13,15-18H2/t25-/m1/s1. The Morgan fingerprint density at radius 2 is 1.82 bits per heavy atom. The van der Waals surface area contributed by atoms with Gasteiger partial charge < -0.3 is 15.0 Å². The summed E-state index contributed by atoms with van der Waals surface area (Å²) in [5, 5.41) is 3.96. The Hall–Kier alpha value is -2.96. The highest BCUT2D eigenvalue weighted by Crippen LogP contribution is 2.31. The summed E-state index contributed by atoms with van der Waals surface area (Å²) in [6.07, 6.45) is 3.33. The highest BCUT2D eigenvalue weighted by atomic mass is 35.5. The number of hydrogen-bond acceptors (Lipinski definition) is 4. The lowest BCUT2D eigenvalue weighted by molar-refractivity contribution is -0.138. The lowest BCUT2D eigenvalue weighted by Gasteiger charge is -2.35. The number of carbonyl (C=O) groups excluding carboxylic acids is 1. The summed E-state index contributed by atoms with van der Waals surface area (Å²) < 4.78 is 19.1. The van der Waals surface area contributed by atoms with E-state index in [1.807, 2.05) is 47.4 Å². The number of nitrogens with one attached hydrogen (secondary N) is 1. The average Bonchev–Trinajstić information content (AvgIpc) is 2.86. The molecule has 1 aromatic heterocycles. The molecule has 0 spiro atoms. The number of aromatic nitrogens is 1. The summed E-state index contributed by atoms with van der Waals surface area (Å²) in [6.45, 7) is 2.29. The van der Waals surface area contributed by atoms with E-state index in [4.69, 9.17) is 16.3 Å². The molecule has 1 aliphatic heterocycles. The Balaban J connectivity index is 1.63. The molecule has 0 radical (unpaired) electrons. The van der Waals surface area contributed by atoms with Crippen LogP contribution in [-0.2, 0) is 4.79 Å². The first kappa shape index (κ1) is 23.2. The minimum atomic E-state index is -0.373. The van der Waals surface area contributed by atoms with Gasteiger partial charge in [0.1, 0.15) is 18.2 Å². The molecule has 1 N–H and O–H groups in total. The first-order valence-electron chi connectivity index (χ1n) is 11.2. The van der Waals surface area contributed by atoms with E-state index in [1.165, 1.54) is 12.1 Å². The molecule has 2 heterocycles. The zero-order valence-electron chi connectivity index (χ0n) is 18.3. The number of hydrogen-bond donors (Lipinski definition) is 1. The van der Waals surface area contributed by atoms with E-state index < -0.39 is 0 Å². The van der Waals surface area contributed by atoms with Crippen LogP contribution in [0.25, 0.3) is 0 Å². The number of amides is 1. The highest BCUT2D eigenvalue weighted by molar-refractivity contribution is 6.30. The van der Waals surface area contributed by atoms with Crippen LogP contribution in [0.15, 0.2) is 72.9 Å². The Morgan fingerprint density at radius 3 is 2.48 bits per heavy atom. The number of rotatable bonds is 8. The normalized spacial score (nSPS) is 15.1. The predicted octanol–water partition coefficient (Wildman–Crippen LogP) is 4.87. The first-order chi connectivity index (χ1) is 16.1. The third kappa shape index (κ3) is 6.09. The minimum absolute atomic E-state index is 0.0596. The fraction of sp³-hybridized carbons (Fsp3) is 0.308. The topological polar surface area (TPSA) is 54.5 Å². The first-order valence-corrected chi connectivity index (χ1v) is 11.6. The number of benzene rings is 2. The molecule has 0 saturated carbocycles. The van der Waals surface area contributed by atoms with Crippen molar-refractivity contribution >= 4 is 17.5 Å². The van der Waals surface area contributed by atoms with Crippen molar-refractivity contribution < 1.29 is 13.9 Å². The summed E-state index contributed by atoms with van der Waals surface area (Å²) in [5.41, 5.74) is 1.71. The van der Waals surface area contributed by atoms with Gasteiger partial charge in [0.2, 0.25) is 5.91 Å². The molecule has 172 valence electrons. The second-order valence-corrected chi connectivity index (χ2v) is 8.50. The number of pyridine rings is 1. The van der Waals surface area contributed by atoms with Crippen molar-refractivity contribution in [3.05, 3.63) is 95.0 Å². The van der Waals surface area contributed by atoms with Crippen molar-refractivity contribution in [2.24, 2.45) is 5.92 Å². The van der Waals surface area contributed by atoms with Crippen molar-refractivity contribution in [3.8, 4) is 5.75 Å². The maximum atomic E-state index is 13.8. The van der Waals surface area contributed by atoms with Crippen LogP contribution < -0.4 is 10.1 Å². The van der Waals surface area contributed by atoms with E-state index in [0.717, 1.165) is 37.2 Å². The van der Waals surface area contributed by atoms with Crippen LogP contribution in [0.5, 0.6) is 5.75 Å². The van der Waals surface area contributed by atoms with Crippen LogP contribution in [0, 0.1) is 11.7 Å². The molecule has 0 unspecified atom stereocenters. The second-order valence-electron chi connectivity index (χ2n) is 8.07. The van der Waals surface area contributed by atoms with E-state index >= 15 is 0 Å². The minimum Gasteiger partial charge on any atom is -0.492 e. The van der Waals surface area contributed by atoms with E-state index in [-0.39, 0.29) is 30.3 Å². The molecule has 7 heteroatoms. The molecular weight excluding hydrogens is 441 g/mol. The number of piperidine rings is 1. The molecule has 1 saturated heterocycles. The molecule has 2 aromatic carbocycles. The fourth-order valence-electron chi connectivity index (χ4n) is 4.16. The van der Waals surface area contributed by atoms with Gasteiger partial charge in [0.05, 0.1) is 18.3 Å². The number of nitrogens with zero attached hydrogens (tertiary/aromatic N) is 2. The van der Waals surface area contributed by atoms with Crippen molar-refractivity contribution in [2.45, 2.75) is 18.9 Å². The molecular formula is C26H27ClFN3O2. The average molecular weight is 468 g/mol. The second kappa shape index (κ2) is 11.3. The lowest BCUT2D eigenvalue weighted by atomic mass is 9.93. The van der Waals surface area contributed by atoms with E-state index in [9.17, 15) is 9.18 Å². The number of ether oxygens (including phenoxy) is 1. The van der Waals surface area contributed by atoms with Crippen molar-refractivity contribution in [2.75, 3.05) is 26.2 Å². The smallest absolute Gasteiger partial charge is 0.226 e. The molecule has 1 amide bonds. The summed E-state index contributed by atoms with van der Waals surface area (Å²) in [7, 11) is 0. The summed E-state index contributed by atoms with van der Waals surface area (Å²) >= 11 is 6.14. The molecule has 3 aromatic rings. The van der Waals surface area contributed by atoms with Gasteiger partial charge in [-0.25, -0.2) is 4.39 Å². The zero-order chi connectivity index (χ0) is 23.0. The Labute approximate surface area is 198 Å². The summed E-state index contributed by atoms with van der Waals surface area (Å²) in [4.78, 5) is 20.2. The van der Waals surface area contributed by atoms with Crippen LogP contribution in [0.4, 0.5) is 4.39 Å². The van der Waals surface area contributed by atoms with Gasteiger partial charge in [-0.05, 0) is 80.0 Å². The number of halogens is 2. The molecule has 33 heavy (non-hydrogen) atoms. The fourth-order valence-corrected chi connectivity index (χ4v) is 4.28. The van der Waals surface area contributed by atoms with Gasteiger partial charge in [-0.1, -0.05) is 29.8 Å². The highest BCUT2D eigenvalue weighted by Gasteiger charge is 2.33. The van der Waals surface area contributed by atoms with Gasteiger partial charge in [-0.15, -0.1) is 0 Å². The number of carbonyl (C=O) groups is 1. The maximum absolute atomic E-state index is 13.8. The SMILES string of the molecule is O=C(C1CCNCC1)N(CCOc1ccc(F)cc1)[C@H](c1ccc(Cl)cc1)c1ccccn1. The third-order valence-electron chi connectivity index (χ3n) is 5.85. The van der Waals surface area contributed by atoms with Gasteiger partial charge in [0.25, 0.3) is 0 Å². The summed E-state index contributed by atoms with van der Waals surface area (Å²) in [6, 6.07) is 18.8. The van der Waals surface area contributed by atoms with Crippen molar-refractivity contribution in [1.29, 1.82) is 0 Å². The lowest BCUT2D eigenvalue weighted by Crippen LogP contribution is -2.45. The van der Waals surface area contributed by atoms with E-state index in [1.54, 1.807) is 18.3 Å². The molecule has 1 aliphatic rings. The van der Waals surface area contributed by atoms with Crippen LogP contribution in [0.2, 0.25) is 5.02 Å². The molecule has 4 rings (SSSR count). The van der Waals surface area contributed by atoms with Gasteiger partial charge in [0.15, 0.2) is 0 Å². The Bertz CT molecular complexity index is 1030. The Kier molecular flexibility index (Phi) is 7.92.